The first-order valence-corrected chi connectivity index (χ1v) is 8.22. The van der Waals surface area contributed by atoms with Crippen molar-refractivity contribution in [3.05, 3.63) is 53.6 Å². The van der Waals surface area contributed by atoms with E-state index < -0.39 is 11.7 Å². The van der Waals surface area contributed by atoms with E-state index >= 15 is 0 Å². The molecule has 0 atom stereocenters. The van der Waals surface area contributed by atoms with Gasteiger partial charge in [-0.05, 0) is 54.9 Å². The highest BCUT2D eigenvalue weighted by atomic mass is 19.4. The van der Waals surface area contributed by atoms with Crippen molar-refractivity contribution in [2.45, 2.75) is 12.6 Å². The first kappa shape index (κ1) is 20.6. The summed E-state index contributed by atoms with van der Waals surface area (Å²) in [5.74, 6) is 0.947. The van der Waals surface area contributed by atoms with Crippen LogP contribution in [0.5, 0.6) is 11.5 Å². The topological polar surface area (TPSA) is 59.6 Å². The molecule has 2 rings (SSSR count). The van der Waals surface area contributed by atoms with E-state index in [1.54, 1.807) is 14.2 Å². The summed E-state index contributed by atoms with van der Waals surface area (Å²) in [6.45, 7) is 0.601. The molecule has 0 aromatic heterocycles. The quantitative estimate of drug-likeness (QED) is 0.686. The lowest BCUT2D eigenvalue weighted by molar-refractivity contribution is -0.137. The van der Waals surface area contributed by atoms with E-state index in [0.717, 1.165) is 17.7 Å². The summed E-state index contributed by atoms with van der Waals surface area (Å²) in [6.07, 6.45) is -3.72. The molecule has 8 heteroatoms. The molecule has 146 valence electrons. The molecule has 0 aliphatic heterocycles. The van der Waals surface area contributed by atoms with Crippen LogP contribution in [0.15, 0.2) is 42.5 Å². The van der Waals surface area contributed by atoms with Crippen molar-refractivity contribution in [1.82, 2.24) is 5.32 Å². The second kappa shape index (κ2) is 9.27. The van der Waals surface area contributed by atoms with Gasteiger partial charge in [0.25, 0.3) is 0 Å². The Morgan fingerprint density at radius 3 is 2.26 bits per heavy atom. The van der Waals surface area contributed by atoms with Gasteiger partial charge in [-0.25, -0.2) is 0 Å². The largest absolute Gasteiger partial charge is 0.493 e. The minimum Gasteiger partial charge on any atom is -0.493 e. The molecule has 2 aromatic carbocycles. The van der Waals surface area contributed by atoms with Crippen LogP contribution in [-0.2, 0) is 17.4 Å². The molecule has 2 N–H and O–H groups in total. The van der Waals surface area contributed by atoms with Crippen LogP contribution in [0.1, 0.15) is 11.1 Å². The maximum Gasteiger partial charge on any atom is 0.416 e. The molecule has 0 radical (unpaired) electrons. The standard InChI is InChI=1S/C19H21F3N2O3/c1-26-16-8-3-13(11-17(16)27-2)9-10-23-12-18(25)24-15-6-4-14(5-7-15)19(20,21)22/h3-8,11,23H,9-10,12H2,1-2H3,(H,24,25). The number of carbonyl (C=O) groups excluding carboxylic acids is 1. The van der Waals surface area contributed by atoms with Crippen LogP contribution in [-0.4, -0.2) is 33.2 Å². The van der Waals surface area contributed by atoms with E-state index in [9.17, 15) is 18.0 Å². The molecule has 2 aromatic rings. The number of nitrogens with one attached hydrogen (secondary N) is 2. The third-order valence-electron chi connectivity index (χ3n) is 3.82. The third kappa shape index (κ3) is 6.18. The molecule has 0 unspecified atom stereocenters. The monoisotopic (exact) mass is 382 g/mol. The van der Waals surface area contributed by atoms with Gasteiger partial charge in [0.05, 0.1) is 26.3 Å². The number of amides is 1. The normalized spacial score (nSPS) is 11.1. The minimum absolute atomic E-state index is 0.0499. The number of halogens is 3. The predicted octanol–water partition coefficient (Wildman–Crippen LogP) is 3.49. The molecule has 0 fully saturated rings. The molecule has 0 aliphatic carbocycles. The molecule has 5 nitrogen and oxygen atoms in total. The maximum atomic E-state index is 12.5. The van der Waals surface area contributed by atoms with Crippen LogP contribution < -0.4 is 20.1 Å². The summed E-state index contributed by atoms with van der Waals surface area (Å²) in [4.78, 5) is 11.9. The van der Waals surface area contributed by atoms with Crippen molar-refractivity contribution in [3.63, 3.8) is 0 Å². The number of ether oxygens (including phenoxy) is 2. The van der Waals surface area contributed by atoms with Crippen LogP contribution in [0.3, 0.4) is 0 Å². The SMILES string of the molecule is COc1ccc(CCNCC(=O)Nc2ccc(C(F)(F)F)cc2)cc1OC. The molecule has 1 amide bonds. The van der Waals surface area contributed by atoms with E-state index in [1.165, 1.54) is 12.1 Å². The smallest absolute Gasteiger partial charge is 0.416 e. The lowest BCUT2D eigenvalue weighted by atomic mass is 10.1. The van der Waals surface area contributed by atoms with Crippen LogP contribution in [0, 0.1) is 0 Å². The number of carbonyl (C=O) groups is 1. The number of alkyl halides is 3. The van der Waals surface area contributed by atoms with Gasteiger partial charge in [0, 0.05) is 5.69 Å². The Bertz CT molecular complexity index is 762. The van der Waals surface area contributed by atoms with Gasteiger partial charge in [0.2, 0.25) is 5.91 Å². The van der Waals surface area contributed by atoms with Crippen LogP contribution in [0.25, 0.3) is 0 Å². The van der Waals surface area contributed by atoms with Crippen molar-refractivity contribution >= 4 is 11.6 Å². The van der Waals surface area contributed by atoms with Crippen molar-refractivity contribution in [3.8, 4) is 11.5 Å². The Balaban J connectivity index is 1.76. The molecular weight excluding hydrogens is 361 g/mol. The highest BCUT2D eigenvalue weighted by Gasteiger charge is 2.29. The van der Waals surface area contributed by atoms with Crippen LogP contribution in [0.4, 0.5) is 18.9 Å². The van der Waals surface area contributed by atoms with Crippen LogP contribution in [0.2, 0.25) is 0 Å². The number of hydrogen-bond donors (Lipinski definition) is 2. The molecule has 27 heavy (non-hydrogen) atoms. The minimum atomic E-state index is -4.39. The van der Waals surface area contributed by atoms with Crippen LogP contribution >= 0.6 is 0 Å². The number of anilines is 1. The zero-order valence-corrected chi connectivity index (χ0v) is 15.0. The Morgan fingerprint density at radius 2 is 1.67 bits per heavy atom. The summed E-state index contributed by atoms with van der Waals surface area (Å²) >= 11 is 0. The molecule has 0 saturated heterocycles. The highest BCUT2D eigenvalue weighted by molar-refractivity contribution is 5.92. The molecule has 0 spiro atoms. The van der Waals surface area contributed by atoms with E-state index in [0.29, 0.717) is 30.2 Å². The van der Waals surface area contributed by atoms with Gasteiger partial charge < -0.3 is 20.1 Å². The van der Waals surface area contributed by atoms with E-state index in [2.05, 4.69) is 10.6 Å². The third-order valence-corrected chi connectivity index (χ3v) is 3.82. The fourth-order valence-corrected chi connectivity index (χ4v) is 2.42. The van der Waals surface area contributed by atoms with E-state index in [-0.39, 0.29) is 12.5 Å². The Kier molecular flexibility index (Phi) is 7.06. The van der Waals surface area contributed by atoms with Crippen molar-refractivity contribution in [2.24, 2.45) is 0 Å². The zero-order chi connectivity index (χ0) is 19.9. The average molecular weight is 382 g/mol. The van der Waals surface area contributed by atoms with Gasteiger partial charge in [-0.3, -0.25) is 4.79 Å². The lowest BCUT2D eigenvalue weighted by Crippen LogP contribution is -2.29. The summed E-state index contributed by atoms with van der Waals surface area (Å²) < 4.78 is 47.9. The second-order valence-electron chi connectivity index (χ2n) is 5.74. The van der Waals surface area contributed by atoms with Gasteiger partial charge in [0.15, 0.2) is 11.5 Å². The zero-order valence-electron chi connectivity index (χ0n) is 15.0. The number of hydrogen-bond acceptors (Lipinski definition) is 4. The van der Waals surface area contributed by atoms with Crippen molar-refractivity contribution in [2.75, 3.05) is 32.6 Å². The van der Waals surface area contributed by atoms with Gasteiger partial charge in [-0.2, -0.15) is 13.2 Å². The van der Waals surface area contributed by atoms with E-state index in [1.807, 2.05) is 18.2 Å². The van der Waals surface area contributed by atoms with Gasteiger partial charge in [-0.15, -0.1) is 0 Å². The predicted molar refractivity (Wildman–Crippen MR) is 96.2 cm³/mol. The molecular formula is C19H21F3N2O3. The number of benzene rings is 2. The first-order valence-electron chi connectivity index (χ1n) is 8.22. The Morgan fingerprint density at radius 1 is 1.00 bits per heavy atom. The Labute approximate surface area is 155 Å². The van der Waals surface area contributed by atoms with Gasteiger partial charge >= 0.3 is 6.18 Å². The maximum absolute atomic E-state index is 12.5. The van der Waals surface area contributed by atoms with Gasteiger partial charge in [0.1, 0.15) is 0 Å². The summed E-state index contributed by atoms with van der Waals surface area (Å²) in [5, 5.41) is 5.54. The number of rotatable bonds is 8. The molecule has 0 bridgehead atoms. The molecule has 0 saturated carbocycles. The van der Waals surface area contributed by atoms with Crippen molar-refractivity contribution < 1.29 is 27.4 Å². The van der Waals surface area contributed by atoms with Crippen molar-refractivity contribution in [1.29, 1.82) is 0 Å². The summed E-state index contributed by atoms with van der Waals surface area (Å²) in [5.41, 5.74) is 0.575. The lowest BCUT2D eigenvalue weighted by Gasteiger charge is -2.11. The molecule has 0 heterocycles. The molecule has 0 aliphatic rings. The second-order valence-corrected chi connectivity index (χ2v) is 5.74. The average Bonchev–Trinajstić information content (AvgIpc) is 2.64. The summed E-state index contributed by atoms with van der Waals surface area (Å²) in [7, 11) is 3.12. The van der Waals surface area contributed by atoms with E-state index in [4.69, 9.17) is 9.47 Å². The summed E-state index contributed by atoms with van der Waals surface area (Å²) in [6, 6.07) is 9.90. The first-order chi connectivity index (χ1) is 12.8. The Hall–Kier alpha value is -2.74. The highest BCUT2D eigenvalue weighted by Crippen LogP contribution is 2.30. The van der Waals surface area contributed by atoms with Gasteiger partial charge in [-0.1, -0.05) is 6.07 Å². The fraction of sp³-hybridized carbons (Fsp3) is 0.316. The fourth-order valence-electron chi connectivity index (χ4n) is 2.42. The number of methoxy groups -OCH3 is 2.